The molecule has 0 aliphatic heterocycles. The van der Waals surface area contributed by atoms with Crippen LogP contribution in [-0.4, -0.2) is 31.7 Å². The Bertz CT molecular complexity index is 762. The van der Waals surface area contributed by atoms with E-state index < -0.39 is 5.97 Å². The Morgan fingerprint density at radius 1 is 1.32 bits per heavy atom. The molecule has 0 saturated heterocycles. The van der Waals surface area contributed by atoms with Gasteiger partial charge in [0.1, 0.15) is 0 Å². The summed E-state index contributed by atoms with van der Waals surface area (Å²) in [7, 11) is 0. The maximum atomic E-state index is 11.6. The highest BCUT2D eigenvalue weighted by atomic mass is 32.1. The fourth-order valence-corrected chi connectivity index (χ4v) is 4.26. The summed E-state index contributed by atoms with van der Waals surface area (Å²) in [6.45, 7) is 4.78. The number of anilines is 1. The number of rotatable bonds is 6. The summed E-state index contributed by atoms with van der Waals surface area (Å²) in [5, 5.41) is 20.1. The van der Waals surface area contributed by atoms with Gasteiger partial charge in [-0.2, -0.15) is 0 Å². The third kappa shape index (κ3) is 3.76. The average Bonchev–Trinajstić information content (AvgIpc) is 3.01. The Kier molecular flexibility index (Phi) is 5.37. The summed E-state index contributed by atoms with van der Waals surface area (Å²) in [6, 6.07) is 0. The molecule has 0 aromatic carbocycles. The Morgan fingerprint density at radius 2 is 2.05 bits per heavy atom. The molecule has 2 heterocycles. The van der Waals surface area contributed by atoms with Crippen LogP contribution in [0.3, 0.4) is 0 Å². The normalized spacial score (nSPS) is 10.6. The standard InChI is InChI=1S/C12H14N4O3S3/c1-3-16-6(2)9(21-12(16)20)10-14-15-11(22-10)13-7(17)4-5-8(18)19/h3-5H2,1-2H3,(H,18,19)(H,13,15,17). The lowest BCUT2D eigenvalue weighted by Crippen LogP contribution is -2.12. The molecule has 0 spiro atoms. The molecule has 22 heavy (non-hydrogen) atoms. The molecule has 0 saturated carbocycles. The first-order valence-corrected chi connectivity index (χ1v) is 8.52. The highest BCUT2D eigenvalue weighted by Crippen LogP contribution is 2.34. The molecule has 0 fully saturated rings. The molecule has 2 aromatic heterocycles. The fourth-order valence-electron chi connectivity index (χ4n) is 1.81. The number of amides is 1. The Hall–Kier alpha value is -1.65. The molecule has 2 rings (SSSR count). The third-order valence-corrected chi connectivity index (χ3v) is 5.43. The SMILES string of the molecule is CCn1c(C)c(-c2nnc(NC(=O)CCC(=O)O)s2)sc1=S. The highest BCUT2D eigenvalue weighted by Gasteiger charge is 2.16. The zero-order chi connectivity index (χ0) is 16.3. The number of hydrogen-bond acceptors (Lipinski definition) is 7. The number of thiazole rings is 1. The van der Waals surface area contributed by atoms with Gasteiger partial charge in [-0.25, -0.2) is 0 Å². The van der Waals surface area contributed by atoms with Crippen molar-refractivity contribution < 1.29 is 14.7 Å². The molecule has 0 bridgehead atoms. The van der Waals surface area contributed by atoms with E-state index in [2.05, 4.69) is 15.5 Å². The zero-order valence-corrected chi connectivity index (χ0v) is 14.4. The van der Waals surface area contributed by atoms with Gasteiger partial charge in [-0.15, -0.1) is 21.5 Å². The monoisotopic (exact) mass is 358 g/mol. The van der Waals surface area contributed by atoms with E-state index in [0.717, 1.165) is 21.1 Å². The molecular weight excluding hydrogens is 344 g/mol. The Labute approximate surface area is 139 Å². The number of carbonyl (C=O) groups is 2. The quantitative estimate of drug-likeness (QED) is 0.771. The van der Waals surface area contributed by atoms with Gasteiger partial charge in [0.2, 0.25) is 11.0 Å². The van der Waals surface area contributed by atoms with E-state index in [9.17, 15) is 9.59 Å². The van der Waals surface area contributed by atoms with Crippen LogP contribution < -0.4 is 5.32 Å². The second-order valence-electron chi connectivity index (χ2n) is 4.38. The number of carboxylic acid groups (broad SMARTS) is 1. The van der Waals surface area contributed by atoms with E-state index in [0.29, 0.717) is 10.1 Å². The van der Waals surface area contributed by atoms with Crippen molar-refractivity contribution in [1.29, 1.82) is 0 Å². The average molecular weight is 358 g/mol. The van der Waals surface area contributed by atoms with E-state index in [1.165, 1.54) is 22.7 Å². The number of nitrogens with one attached hydrogen (secondary N) is 1. The van der Waals surface area contributed by atoms with E-state index in [1.807, 2.05) is 18.4 Å². The summed E-state index contributed by atoms with van der Waals surface area (Å²) in [5.41, 5.74) is 1.03. The molecule has 0 unspecified atom stereocenters. The Balaban J connectivity index is 2.13. The molecule has 0 aliphatic rings. The van der Waals surface area contributed by atoms with Crippen LogP contribution >= 0.6 is 34.9 Å². The third-order valence-electron chi connectivity index (χ3n) is 2.89. The summed E-state index contributed by atoms with van der Waals surface area (Å²) in [6.07, 6.45) is -0.300. The molecule has 10 heteroatoms. The minimum absolute atomic E-state index is 0.0889. The summed E-state index contributed by atoms with van der Waals surface area (Å²) >= 11 is 8.01. The van der Waals surface area contributed by atoms with Crippen molar-refractivity contribution in [3.8, 4) is 9.88 Å². The molecule has 118 valence electrons. The number of aliphatic carboxylic acids is 1. The van der Waals surface area contributed by atoms with Gasteiger partial charge in [0, 0.05) is 18.7 Å². The maximum Gasteiger partial charge on any atom is 0.303 e. The van der Waals surface area contributed by atoms with Crippen molar-refractivity contribution >= 4 is 51.9 Å². The van der Waals surface area contributed by atoms with Crippen LogP contribution in [0, 0.1) is 10.9 Å². The van der Waals surface area contributed by atoms with Crippen molar-refractivity contribution in [2.75, 3.05) is 5.32 Å². The van der Waals surface area contributed by atoms with Crippen molar-refractivity contribution in [3.63, 3.8) is 0 Å². The minimum atomic E-state index is -1.01. The van der Waals surface area contributed by atoms with Gasteiger partial charge in [-0.1, -0.05) is 11.3 Å². The van der Waals surface area contributed by atoms with Gasteiger partial charge >= 0.3 is 5.97 Å². The van der Waals surface area contributed by atoms with Crippen LogP contribution in [0.1, 0.15) is 25.5 Å². The lowest BCUT2D eigenvalue weighted by atomic mass is 10.3. The van der Waals surface area contributed by atoms with Crippen LogP contribution in [0.15, 0.2) is 0 Å². The van der Waals surface area contributed by atoms with Gasteiger partial charge in [0.05, 0.1) is 11.3 Å². The zero-order valence-electron chi connectivity index (χ0n) is 12.0. The van der Waals surface area contributed by atoms with E-state index >= 15 is 0 Å². The predicted molar refractivity (Wildman–Crippen MR) is 88.0 cm³/mol. The van der Waals surface area contributed by atoms with Gasteiger partial charge < -0.3 is 15.0 Å². The van der Waals surface area contributed by atoms with Crippen LogP contribution in [0.25, 0.3) is 9.88 Å². The highest BCUT2D eigenvalue weighted by molar-refractivity contribution is 7.73. The van der Waals surface area contributed by atoms with Crippen molar-refractivity contribution in [1.82, 2.24) is 14.8 Å². The predicted octanol–water partition coefficient (Wildman–Crippen LogP) is 2.93. The van der Waals surface area contributed by atoms with Gasteiger partial charge in [0.25, 0.3) is 0 Å². The van der Waals surface area contributed by atoms with Crippen LogP contribution in [0.2, 0.25) is 0 Å². The summed E-state index contributed by atoms with van der Waals surface area (Å²) in [5.74, 6) is -1.40. The van der Waals surface area contributed by atoms with E-state index in [4.69, 9.17) is 17.3 Å². The van der Waals surface area contributed by atoms with Gasteiger partial charge in [0.15, 0.2) is 8.96 Å². The molecule has 7 nitrogen and oxygen atoms in total. The number of hydrogen-bond donors (Lipinski definition) is 2. The molecule has 0 atom stereocenters. The number of nitrogens with zero attached hydrogens (tertiary/aromatic N) is 3. The van der Waals surface area contributed by atoms with E-state index in [1.54, 1.807) is 0 Å². The topological polar surface area (TPSA) is 97.1 Å². The van der Waals surface area contributed by atoms with Crippen molar-refractivity contribution in [2.24, 2.45) is 0 Å². The fraction of sp³-hybridized carbons (Fsp3) is 0.417. The number of carbonyl (C=O) groups excluding carboxylic acids is 1. The molecular formula is C12H14N4O3S3. The second kappa shape index (κ2) is 7.07. The van der Waals surface area contributed by atoms with Crippen LogP contribution in [-0.2, 0) is 16.1 Å². The first-order valence-electron chi connectivity index (χ1n) is 6.48. The largest absolute Gasteiger partial charge is 0.481 e. The van der Waals surface area contributed by atoms with E-state index in [-0.39, 0.29) is 18.7 Å². The van der Waals surface area contributed by atoms with Gasteiger partial charge in [-0.05, 0) is 26.1 Å². The van der Waals surface area contributed by atoms with Crippen LogP contribution in [0.5, 0.6) is 0 Å². The van der Waals surface area contributed by atoms with Gasteiger partial charge in [-0.3, -0.25) is 9.59 Å². The molecule has 1 amide bonds. The second-order valence-corrected chi connectivity index (χ2v) is 7.00. The number of carboxylic acids is 1. The Morgan fingerprint density at radius 3 is 2.64 bits per heavy atom. The summed E-state index contributed by atoms with van der Waals surface area (Å²) in [4.78, 5) is 22.9. The summed E-state index contributed by atoms with van der Waals surface area (Å²) < 4.78 is 2.79. The molecule has 2 aromatic rings. The lowest BCUT2D eigenvalue weighted by molar-refractivity contribution is -0.138. The van der Waals surface area contributed by atoms with Crippen molar-refractivity contribution in [3.05, 3.63) is 9.65 Å². The van der Waals surface area contributed by atoms with Crippen molar-refractivity contribution in [2.45, 2.75) is 33.2 Å². The molecule has 2 N–H and O–H groups in total. The first-order chi connectivity index (χ1) is 10.4. The first kappa shape index (κ1) is 16.7. The molecule has 0 radical (unpaired) electrons. The number of aromatic nitrogens is 3. The van der Waals surface area contributed by atoms with Crippen LogP contribution in [0.4, 0.5) is 5.13 Å². The maximum absolute atomic E-state index is 11.6. The lowest BCUT2D eigenvalue weighted by Gasteiger charge is -2.00. The molecule has 0 aliphatic carbocycles. The minimum Gasteiger partial charge on any atom is -0.481 e. The smallest absolute Gasteiger partial charge is 0.303 e.